The number of rotatable bonds is 6. The zero-order chi connectivity index (χ0) is 19.7. The standard InChI is InChI=1S/C19H23NO4.ClH.Cu/c1-12(2)14-7-6-8-15(18(14)21)20-11-13-9-16(22-3)19(24-5)17(10-13)23-4;;/h6-12,21H,1-5H3;1H;/q;;+1/p-1. The number of aromatic hydroxyl groups is 1. The van der Waals surface area contributed by atoms with Crippen molar-refractivity contribution in [3.63, 3.8) is 0 Å². The van der Waals surface area contributed by atoms with Gasteiger partial charge in [0.05, 0.1) is 21.3 Å². The van der Waals surface area contributed by atoms with Crippen molar-refractivity contribution in [2.75, 3.05) is 21.3 Å². The molecule has 146 valence electrons. The van der Waals surface area contributed by atoms with Crippen LogP contribution in [0.1, 0.15) is 30.9 Å². The van der Waals surface area contributed by atoms with E-state index >= 15 is 0 Å². The van der Waals surface area contributed by atoms with E-state index in [4.69, 9.17) is 14.2 Å². The molecule has 2 aromatic rings. The van der Waals surface area contributed by atoms with Crippen molar-refractivity contribution < 1.29 is 34.4 Å². The first-order chi connectivity index (χ1) is 12.5. The van der Waals surface area contributed by atoms with Crippen LogP contribution in [0.15, 0.2) is 35.3 Å². The van der Waals surface area contributed by atoms with Crippen LogP contribution in [-0.4, -0.2) is 32.7 Å². The van der Waals surface area contributed by atoms with Gasteiger partial charge in [-0.2, -0.15) is 0 Å². The topological polar surface area (TPSA) is 60.3 Å². The second kappa shape index (κ2) is 11.0. The van der Waals surface area contributed by atoms with E-state index in [2.05, 4.69) is 30.2 Å². The van der Waals surface area contributed by atoms with Crippen LogP contribution >= 0.6 is 10.1 Å². The maximum absolute atomic E-state index is 10.3. The number of hydrogen-bond donors (Lipinski definition) is 1. The maximum atomic E-state index is 10.3. The van der Waals surface area contributed by atoms with Gasteiger partial charge in [-0.25, -0.2) is 0 Å². The number of para-hydroxylation sites is 1. The summed E-state index contributed by atoms with van der Waals surface area (Å²) in [6, 6.07) is 9.16. The van der Waals surface area contributed by atoms with E-state index < -0.39 is 0 Å². The molecule has 0 aromatic heterocycles. The van der Waals surface area contributed by atoms with E-state index in [0.29, 0.717) is 22.9 Å². The first kappa shape index (κ1) is 22.2. The third-order valence-electron chi connectivity index (χ3n) is 3.71. The van der Waals surface area contributed by atoms with E-state index in [-0.39, 0.29) is 11.7 Å². The Morgan fingerprint density at radius 2 is 1.62 bits per heavy atom. The van der Waals surface area contributed by atoms with Gasteiger partial charge in [0.1, 0.15) is 11.4 Å². The number of nitrogens with zero attached hydrogens (tertiary/aromatic N) is 1. The first-order valence-corrected chi connectivity index (χ1v) is 9.08. The normalized spacial score (nSPS) is 10.5. The third kappa shape index (κ3) is 5.31. The van der Waals surface area contributed by atoms with E-state index in [0.717, 1.165) is 11.1 Å². The van der Waals surface area contributed by atoms with Crippen LogP contribution in [-0.2, 0) is 15.1 Å². The average Bonchev–Trinajstić information content (AvgIpc) is 2.67. The Bertz CT molecular complexity index is 725. The molecule has 0 amide bonds. The Morgan fingerprint density at radius 1 is 1.04 bits per heavy atom. The van der Waals surface area contributed by atoms with Gasteiger partial charge in [-0.15, -0.1) is 0 Å². The minimum absolute atomic E-state index is 0.205. The molecule has 0 bridgehead atoms. The van der Waals surface area contributed by atoms with Crippen LogP contribution in [0.3, 0.4) is 0 Å². The van der Waals surface area contributed by atoms with Crippen LogP contribution in [0.4, 0.5) is 5.69 Å². The Kier molecular flexibility index (Phi) is 9.35. The molecule has 5 nitrogen and oxygen atoms in total. The molecule has 0 saturated heterocycles. The Labute approximate surface area is 167 Å². The van der Waals surface area contributed by atoms with Gasteiger partial charge in [-0.3, -0.25) is 4.99 Å². The van der Waals surface area contributed by atoms with E-state index in [1.165, 1.54) is 0 Å². The van der Waals surface area contributed by atoms with Crippen LogP contribution in [0.5, 0.6) is 23.0 Å². The second-order valence-corrected chi connectivity index (χ2v) is 5.59. The summed E-state index contributed by atoms with van der Waals surface area (Å²) in [5.41, 5.74) is 2.17. The predicted octanol–water partition coefficient (Wildman–Crippen LogP) is 4.98. The molecule has 7 heteroatoms. The van der Waals surface area contributed by atoms with Crippen molar-refractivity contribution in [1.82, 2.24) is 0 Å². The predicted molar refractivity (Wildman–Crippen MR) is 101 cm³/mol. The summed E-state index contributed by atoms with van der Waals surface area (Å²) in [5.74, 6) is 2.07. The molecule has 0 aliphatic rings. The summed E-state index contributed by atoms with van der Waals surface area (Å²) in [6.07, 6.45) is 1.66. The summed E-state index contributed by atoms with van der Waals surface area (Å²) in [4.78, 5) is 4.40. The zero-order valence-electron chi connectivity index (χ0n) is 15.3. The van der Waals surface area contributed by atoms with E-state index in [9.17, 15) is 5.11 Å². The molecule has 1 N–H and O–H groups in total. The molecule has 0 radical (unpaired) electrons. The molecule has 0 fully saturated rings. The fourth-order valence-electron chi connectivity index (χ4n) is 2.44. The summed E-state index contributed by atoms with van der Waals surface area (Å²) >= 11 is 3.66. The molecular weight excluding hydrogens is 405 g/mol. The van der Waals surface area contributed by atoms with Crippen molar-refractivity contribution in [2.45, 2.75) is 19.8 Å². The average molecular weight is 428 g/mol. The number of phenolic OH excluding ortho intramolecular Hbond substituents is 1. The third-order valence-corrected chi connectivity index (χ3v) is 3.71. The molecule has 0 aliphatic carbocycles. The molecule has 0 atom stereocenters. The van der Waals surface area contributed by atoms with Gasteiger partial charge < -0.3 is 19.3 Å². The Balaban J connectivity index is 0.00000163. The molecule has 2 aromatic carbocycles. The van der Waals surface area contributed by atoms with Crippen LogP contribution in [0, 0.1) is 0 Å². The molecule has 0 spiro atoms. The summed E-state index contributed by atoms with van der Waals surface area (Å²) in [5, 5.41) is 10.3. The minimum atomic E-state index is 0.205. The zero-order valence-corrected chi connectivity index (χ0v) is 17.0. The van der Waals surface area contributed by atoms with Crippen molar-refractivity contribution in [1.29, 1.82) is 0 Å². The SMILES string of the molecule is COc1cc(C=Nc2cccc(C(C)C)c2O)cc(OC)c1OC.[Cl][Cu]. The number of benzene rings is 2. The number of hydrogen-bond acceptors (Lipinski definition) is 5. The summed E-state index contributed by atoms with van der Waals surface area (Å²) in [7, 11) is 8.89. The molecule has 0 saturated carbocycles. The van der Waals surface area contributed by atoms with Gasteiger partial charge in [0, 0.05) is 11.8 Å². The van der Waals surface area contributed by atoms with Gasteiger partial charge in [0.15, 0.2) is 11.5 Å². The molecule has 0 heterocycles. The van der Waals surface area contributed by atoms with Gasteiger partial charge >= 0.3 is 25.2 Å². The van der Waals surface area contributed by atoms with Crippen molar-refractivity contribution in [3.05, 3.63) is 41.5 Å². The van der Waals surface area contributed by atoms with Crippen molar-refractivity contribution in [2.24, 2.45) is 4.99 Å². The number of halogens is 1. The van der Waals surface area contributed by atoms with Crippen molar-refractivity contribution >= 4 is 22.0 Å². The van der Waals surface area contributed by atoms with Gasteiger partial charge in [0.25, 0.3) is 0 Å². The van der Waals surface area contributed by atoms with Crippen LogP contribution in [0.2, 0.25) is 0 Å². The monoisotopic (exact) mass is 427 g/mol. The molecule has 0 unspecified atom stereocenters. The van der Waals surface area contributed by atoms with E-state index in [1.54, 1.807) is 45.7 Å². The molecular formula is C19H23ClCuNO4. The van der Waals surface area contributed by atoms with Crippen molar-refractivity contribution in [3.8, 4) is 23.0 Å². The quantitative estimate of drug-likeness (QED) is 0.521. The van der Waals surface area contributed by atoms with E-state index in [1.807, 2.05) is 26.0 Å². The molecule has 2 rings (SSSR count). The summed E-state index contributed by atoms with van der Waals surface area (Å²) in [6.45, 7) is 4.06. The van der Waals surface area contributed by atoms with Gasteiger partial charge in [0.2, 0.25) is 5.75 Å². The van der Waals surface area contributed by atoms with Crippen LogP contribution < -0.4 is 14.2 Å². The Morgan fingerprint density at radius 3 is 2.08 bits per heavy atom. The number of aliphatic imine (C=N–C) groups is 1. The second-order valence-electron chi connectivity index (χ2n) is 5.59. The number of ether oxygens (including phenoxy) is 3. The number of methoxy groups -OCH3 is 3. The fraction of sp³-hybridized carbons (Fsp3) is 0.316. The van der Waals surface area contributed by atoms with Gasteiger partial charge in [-0.05, 0) is 29.7 Å². The molecule has 0 aliphatic heterocycles. The first-order valence-electron chi connectivity index (χ1n) is 7.79. The molecule has 26 heavy (non-hydrogen) atoms. The Hall–Kier alpha value is -1.88. The summed E-state index contributed by atoms with van der Waals surface area (Å²) < 4.78 is 16.0. The van der Waals surface area contributed by atoms with Gasteiger partial charge in [-0.1, -0.05) is 26.0 Å². The number of phenols is 1. The van der Waals surface area contributed by atoms with Crippen LogP contribution in [0.25, 0.3) is 0 Å². The fourth-order valence-corrected chi connectivity index (χ4v) is 2.44.